The van der Waals surface area contributed by atoms with Gasteiger partial charge in [0.25, 0.3) is 0 Å². The van der Waals surface area contributed by atoms with E-state index in [1.165, 1.54) is 6.42 Å². The first-order valence-corrected chi connectivity index (χ1v) is 9.67. The lowest BCUT2D eigenvalue weighted by molar-refractivity contribution is -0.315. The Balaban J connectivity index is 2.40. The van der Waals surface area contributed by atoms with Gasteiger partial charge in [-0.15, -0.1) is 0 Å². The van der Waals surface area contributed by atoms with Crippen LogP contribution < -0.4 is 0 Å². The molecule has 0 aromatic rings. The van der Waals surface area contributed by atoms with Gasteiger partial charge in [0.1, 0.15) is 37.1 Å². The fourth-order valence-electron chi connectivity index (χ4n) is 2.80. The Morgan fingerprint density at radius 2 is 1.59 bits per heavy atom. The van der Waals surface area contributed by atoms with Gasteiger partial charge in [-0.2, -0.15) is 0 Å². The van der Waals surface area contributed by atoms with Crippen LogP contribution in [0.25, 0.3) is 0 Å². The number of carbonyl (C=O) groups excluding carboxylic acids is 1. The second kappa shape index (κ2) is 13.4. The van der Waals surface area contributed by atoms with Crippen LogP contribution in [0.1, 0.15) is 51.9 Å². The Bertz CT molecular complexity index is 402. The molecule has 9 nitrogen and oxygen atoms in total. The van der Waals surface area contributed by atoms with Gasteiger partial charge in [0.05, 0.1) is 13.2 Å². The summed E-state index contributed by atoms with van der Waals surface area (Å²) in [5.74, 6) is -0.428. The number of aliphatic hydroxyl groups is 5. The molecule has 1 saturated heterocycles. The number of hydrogen-bond acceptors (Lipinski definition) is 9. The van der Waals surface area contributed by atoms with Crippen LogP contribution in [0.3, 0.4) is 0 Å². The third-order valence-corrected chi connectivity index (χ3v) is 4.55. The molecule has 1 aliphatic rings. The zero-order valence-corrected chi connectivity index (χ0v) is 15.9. The SMILES string of the molecule is CCCCCCCCC(=O)OC[C@H]1O[C@@H](OC(CO)CO)[C@H](O)[C@@H](O)[C@H]1O. The summed E-state index contributed by atoms with van der Waals surface area (Å²) in [5.41, 5.74) is 0. The zero-order valence-electron chi connectivity index (χ0n) is 15.9. The molecule has 0 saturated carbocycles. The Morgan fingerprint density at radius 3 is 2.22 bits per heavy atom. The van der Waals surface area contributed by atoms with Crippen LogP contribution in [0.15, 0.2) is 0 Å². The smallest absolute Gasteiger partial charge is 0.305 e. The van der Waals surface area contributed by atoms with Crippen LogP contribution in [0.4, 0.5) is 0 Å². The van der Waals surface area contributed by atoms with Crippen LogP contribution in [0.5, 0.6) is 0 Å². The van der Waals surface area contributed by atoms with Gasteiger partial charge >= 0.3 is 5.97 Å². The normalized spacial score (nSPS) is 28.5. The third kappa shape index (κ3) is 8.39. The van der Waals surface area contributed by atoms with Crippen LogP contribution in [0.2, 0.25) is 0 Å². The van der Waals surface area contributed by atoms with E-state index < -0.39 is 56.0 Å². The topological polar surface area (TPSA) is 146 Å². The fourth-order valence-corrected chi connectivity index (χ4v) is 2.80. The van der Waals surface area contributed by atoms with Gasteiger partial charge in [0.2, 0.25) is 0 Å². The van der Waals surface area contributed by atoms with E-state index in [2.05, 4.69) is 6.92 Å². The largest absolute Gasteiger partial charge is 0.463 e. The van der Waals surface area contributed by atoms with Crippen molar-refractivity contribution < 1.29 is 44.5 Å². The Morgan fingerprint density at radius 1 is 0.963 bits per heavy atom. The van der Waals surface area contributed by atoms with Crippen molar-refractivity contribution >= 4 is 5.97 Å². The van der Waals surface area contributed by atoms with Crippen molar-refractivity contribution in [2.75, 3.05) is 19.8 Å². The van der Waals surface area contributed by atoms with Gasteiger partial charge in [0.15, 0.2) is 6.29 Å². The van der Waals surface area contributed by atoms with E-state index in [-0.39, 0.29) is 13.0 Å². The monoisotopic (exact) mass is 394 g/mol. The minimum absolute atomic E-state index is 0.261. The van der Waals surface area contributed by atoms with Crippen molar-refractivity contribution in [1.29, 1.82) is 0 Å². The summed E-state index contributed by atoms with van der Waals surface area (Å²) in [6.07, 6.45) is -1.61. The molecule has 0 amide bonds. The number of esters is 1. The molecule has 160 valence electrons. The molecule has 1 rings (SSSR count). The maximum Gasteiger partial charge on any atom is 0.305 e. The molecule has 1 fully saturated rings. The van der Waals surface area contributed by atoms with E-state index in [4.69, 9.17) is 24.4 Å². The molecule has 5 atom stereocenters. The van der Waals surface area contributed by atoms with E-state index in [1.54, 1.807) is 0 Å². The molecule has 5 N–H and O–H groups in total. The molecule has 27 heavy (non-hydrogen) atoms. The molecule has 0 spiro atoms. The number of unbranched alkanes of at least 4 members (excludes halogenated alkanes) is 5. The highest BCUT2D eigenvalue weighted by atomic mass is 16.7. The number of rotatable bonds is 13. The van der Waals surface area contributed by atoms with E-state index in [1.807, 2.05) is 0 Å². The predicted molar refractivity (Wildman–Crippen MR) is 94.7 cm³/mol. The molecule has 0 unspecified atom stereocenters. The van der Waals surface area contributed by atoms with Crippen LogP contribution in [0, 0.1) is 0 Å². The molecule has 0 radical (unpaired) electrons. The van der Waals surface area contributed by atoms with Gasteiger partial charge < -0.3 is 39.7 Å². The lowest BCUT2D eigenvalue weighted by Crippen LogP contribution is -2.60. The molecule has 1 aliphatic heterocycles. The summed E-state index contributed by atoms with van der Waals surface area (Å²) >= 11 is 0. The van der Waals surface area contributed by atoms with E-state index in [0.29, 0.717) is 0 Å². The predicted octanol–water partition coefficient (Wildman–Crippen LogP) is -0.542. The lowest BCUT2D eigenvalue weighted by Gasteiger charge is -2.40. The molecule has 9 heteroatoms. The summed E-state index contributed by atoms with van der Waals surface area (Å²) in [4.78, 5) is 11.8. The maximum absolute atomic E-state index is 11.8. The quantitative estimate of drug-likeness (QED) is 0.205. The molecular weight excluding hydrogens is 360 g/mol. The van der Waals surface area contributed by atoms with Crippen molar-refractivity contribution in [3.05, 3.63) is 0 Å². The van der Waals surface area contributed by atoms with Crippen molar-refractivity contribution in [1.82, 2.24) is 0 Å². The van der Waals surface area contributed by atoms with Crippen LogP contribution >= 0.6 is 0 Å². The number of aliphatic hydroxyl groups excluding tert-OH is 5. The van der Waals surface area contributed by atoms with Crippen molar-refractivity contribution in [2.45, 2.75) is 88.7 Å². The molecule has 0 aliphatic carbocycles. The minimum atomic E-state index is -1.58. The molecular formula is C18H34O9. The van der Waals surface area contributed by atoms with Gasteiger partial charge in [0, 0.05) is 6.42 Å². The third-order valence-electron chi connectivity index (χ3n) is 4.55. The standard InChI is InChI=1S/C18H34O9/c1-2-3-4-5-6-7-8-14(21)25-11-13-15(22)16(23)17(24)18(27-13)26-12(9-19)10-20/h12-13,15-20,22-24H,2-11H2,1H3/t13-,15+,16+,17-,18-/m1/s1. The maximum atomic E-state index is 11.8. The number of ether oxygens (including phenoxy) is 3. The summed E-state index contributed by atoms with van der Waals surface area (Å²) < 4.78 is 15.6. The van der Waals surface area contributed by atoms with Gasteiger partial charge in [-0.1, -0.05) is 39.0 Å². The van der Waals surface area contributed by atoms with Crippen molar-refractivity contribution in [2.24, 2.45) is 0 Å². The molecule has 1 heterocycles. The van der Waals surface area contributed by atoms with E-state index in [9.17, 15) is 20.1 Å². The first-order valence-electron chi connectivity index (χ1n) is 9.67. The average Bonchev–Trinajstić information content (AvgIpc) is 2.67. The highest BCUT2D eigenvalue weighted by Crippen LogP contribution is 2.23. The zero-order chi connectivity index (χ0) is 20.2. The summed E-state index contributed by atoms with van der Waals surface area (Å²) in [6, 6.07) is 0. The van der Waals surface area contributed by atoms with Crippen LogP contribution in [-0.2, 0) is 19.0 Å². The molecule has 0 aromatic carbocycles. The van der Waals surface area contributed by atoms with E-state index >= 15 is 0 Å². The highest BCUT2D eigenvalue weighted by molar-refractivity contribution is 5.69. The fraction of sp³-hybridized carbons (Fsp3) is 0.944. The number of carbonyl (C=O) groups is 1. The van der Waals surface area contributed by atoms with Crippen molar-refractivity contribution in [3.63, 3.8) is 0 Å². The van der Waals surface area contributed by atoms with Gasteiger partial charge in [-0.05, 0) is 6.42 Å². The highest BCUT2D eigenvalue weighted by Gasteiger charge is 2.45. The van der Waals surface area contributed by atoms with Crippen molar-refractivity contribution in [3.8, 4) is 0 Å². The van der Waals surface area contributed by atoms with Gasteiger partial charge in [-0.3, -0.25) is 4.79 Å². The Labute approximate surface area is 159 Å². The Hall–Kier alpha value is -0.810. The van der Waals surface area contributed by atoms with Gasteiger partial charge in [-0.25, -0.2) is 0 Å². The summed E-state index contributed by atoms with van der Waals surface area (Å²) in [7, 11) is 0. The first-order chi connectivity index (χ1) is 12.9. The molecule has 0 bridgehead atoms. The lowest BCUT2D eigenvalue weighted by atomic mass is 9.99. The second-order valence-corrected chi connectivity index (χ2v) is 6.84. The first kappa shape index (κ1) is 24.2. The number of hydrogen-bond donors (Lipinski definition) is 5. The second-order valence-electron chi connectivity index (χ2n) is 6.84. The van der Waals surface area contributed by atoms with E-state index in [0.717, 1.165) is 32.1 Å². The summed E-state index contributed by atoms with van der Waals surface area (Å²) in [5, 5.41) is 47.9. The van der Waals surface area contributed by atoms with Crippen LogP contribution in [-0.4, -0.2) is 88.1 Å². The summed E-state index contributed by atoms with van der Waals surface area (Å²) in [6.45, 7) is 0.806. The molecule has 0 aromatic heterocycles. The Kier molecular flexibility index (Phi) is 12.0. The average molecular weight is 394 g/mol. The minimum Gasteiger partial charge on any atom is -0.463 e.